The number of nitrogens with zero attached hydrogens (tertiary/aromatic N) is 1. The summed E-state index contributed by atoms with van der Waals surface area (Å²) >= 11 is 0. The van der Waals surface area contributed by atoms with Gasteiger partial charge in [0.2, 0.25) is 0 Å². The fraction of sp³-hybridized carbons (Fsp3) is 0.143. The Morgan fingerprint density at radius 2 is 1.95 bits per heavy atom. The van der Waals surface area contributed by atoms with Gasteiger partial charge in [0.05, 0.1) is 23.6 Å². The first-order chi connectivity index (χ1) is 9.61. The van der Waals surface area contributed by atoms with Crippen LogP contribution < -0.4 is 5.32 Å². The number of halogens is 1. The first kappa shape index (κ1) is 14.0. The normalized spacial score (nSPS) is 11.9. The minimum atomic E-state index is -0.678. The Bertz CT molecular complexity index is 605. The van der Waals surface area contributed by atoms with Crippen LogP contribution in [0.5, 0.6) is 0 Å². The zero-order valence-corrected chi connectivity index (χ0v) is 10.5. The smallest absolute Gasteiger partial charge is 0.295 e. The molecule has 0 heterocycles. The second-order valence-electron chi connectivity index (χ2n) is 4.21. The Hall–Kier alpha value is -2.47. The molecule has 0 amide bonds. The van der Waals surface area contributed by atoms with E-state index in [1.54, 1.807) is 24.3 Å². The molecule has 0 bridgehead atoms. The third kappa shape index (κ3) is 3.10. The molecule has 104 valence electrons. The van der Waals surface area contributed by atoms with Gasteiger partial charge in [0, 0.05) is 0 Å². The maximum absolute atomic E-state index is 13.1. The van der Waals surface area contributed by atoms with Gasteiger partial charge < -0.3 is 10.4 Å². The van der Waals surface area contributed by atoms with E-state index in [0.29, 0.717) is 0 Å². The Morgan fingerprint density at radius 3 is 2.55 bits per heavy atom. The molecule has 0 aliphatic rings. The molecule has 0 fully saturated rings. The number of nitrogens with one attached hydrogen (secondary N) is 1. The molecular formula is C14H13FN2O3. The lowest BCUT2D eigenvalue weighted by atomic mass is 10.1. The van der Waals surface area contributed by atoms with Crippen LogP contribution >= 0.6 is 0 Å². The first-order valence-corrected chi connectivity index (χ1v) is 5.98. The predicted octanol–water partition coefficient (Wildman–Crippen LogP) is 2.88. The standard InChI is InChI=1S/C14H13FN2O3/c15-11-6-7-12(14(8-11)17(19)20)16-13(9-18)10-4-2-1-3-5-10/h1-8,13,16,18H,9H2/t13-/m0/s1. The molecule has 0 radical (unpaired) electrons. The Labute approximate surface area is 114 Å². The second kappa shape index (κ2) is 6.12. The van der Waals surface area contributed by atoms with Gasteiger partial charge in [-0.25, -0.2) is 4.39 Å². The van der Waals surface area contributed by atoms with Crippen LogP contribution in [0.3, 0.4) is 0 Å². The molecule has 5 nitrogen and oxygen atoms in total. The van der Waals surface area contributed by atoms with E-state index in [1.807, 2.05) is 6.07 Å². The highest BCUT2D eigenvalue weighted by Gasteiger charge is 2.18. The van der Waals surface area contributed by atoms with Gasteiger partial charge in [-0.05, 0) is 17.7 Å². The minimum Gasteiger partial charge on any atom is -0.394 e. The molecule has 2 aromatic rings. The Morgan fingerprint density at radius 1 is 1.25 bits per heavy atom. The quantitative estimate of drug-likeness (QED) is 0.650. The molecule has 2 rings (SSSR count). The van der Waals surface area contributed by atoms with Crippen LogP contribution in [0.4, 0.5) is 15.8 Å². The van der Waals surface area contributed by atoms with Gasteiger partial charge in [-0.15, -0.1) is 0 Å². The van der Waals surface area contributed by atoms with Crippen molar-refractivity contribution in [2.75, 3.05) is 11.9 Å². The zero-order valence-electron chi connectivity index (χ0n) is 10.5. The third-order valence-electron chi connectivity index (χ3n) is 2.87. The lowest BCUT2D eigenvalue weighted by Gasteiger charge is -2.18. The summed E-state index contributed by atoms with van der Waals surface area (Å²) in [6.45, 7) is -0.238. The van der Waals surface area contributed by atoms with Crippen LogP contribution in [0.2, 0.25) is 0 Å². The van der Waals surface area contributed by atoms with Gasteiger partial charge in [-0.3, -0.25) is 10.1 Å². The molecule has 0 spiro atoms. The number of hydrogen-bond acceptors (Lipinski definition) is 4. The van der Waals surface area contributed by atoms with Gasteiger partial charge in [-0.1, -0.05) is 30.3 Å². The summed E-state index contributed by atoms with van der Waals surface area (Å²) in [5.74, 6) is -0.678. The number of nitro benzene ring substituents is 1. The number of rotatable bonds is 5. The SMILES string of the molecule is O=[N+]([O-])c1cc(F)ccc1N[C@@H](CO)c1ccccc1. The summed E-state index contributed by atoms with van der Waals surface area (Å²) in [7, 11) is 0. The van der Waals surface area contributed by atoms with Crippen molar-refractivity contribution in [3.8, 4) is 0 Å². The van der Waals surface area contributed by atoms with Crippen molar-refractivity contribution in [3.63, 3.8) is 0 Å². The topological polar surface area (TPSA) is 75.4 Å². The van der Waals surface area contributed by atoms with E-state index in [0.717, 1.165) is 17.7 Å². The lowest BCUT2D eigenvalue weighted by Crippen LogP contribution is -2.15. The summed E-state index contributed by atoms with van der Waals surface area (Å²) in [4.78, 5) is 10.3. The van der Waals surface area contributed by atoms with E-state index < -0.39 is 16.8 Å². The van der Waals surface area contributed by atoms with Gasteiger partial charge in [-0.2, -0.15) is 0 Å². The molecule has 1 atom stereocenters. The average Bonchev–Trinajstić information content (AvgIpc) is 2.46. The molecule has 2 N–H and O–H groups in total. The van der Waals surface area contributed by atoms with Crippen molar-refractivity contribution in [2.24, 2.45) is 0 Å². The fourth-order valence-electron chi connectivity index (χ4n) is 1.89. The highest BCUT2D eigenvalue weighted by atomic mass is 19.1. The number of hydrogen-bond donors (Lipinski definition) is 2. The van der Waals surface area contributed by atoms with Crippen molar-refractivity contribution >= 4 is 11.4 Å². The summed E-state index contributed by atoms with van der Waals surface area (Å²) in [5.41, 5.74) is 0.590. The monoisotopic (exact) mass is 276 g/mol. The predicted molar refractivity (Wildman–Crippen MR) is 72.9 cm³/mol. The number of nitro groups is 1. The van der Waals surface area contributed by atoms with Crippen molar-refractivity contribution in [3.05, 3.63) is 70.0 Å². The van der Waals surface area contributed by atoms with E-state index >= 15 is 0 Å². The summed E-state index contributed by atoms with van der Waals surface area (Å²) < 4.78 is 13.1. The van der Waals surface area contributed by atoms with Crippen LogP contribution in [-0.2, 0) is 0 Å². The summed E-state index contributed by atoms with van der Waals surface area (Å²) in [6, 6.07) is 11.8. The van der Waals surface area contributed by atoms with Crippen molar-refractivity contribution in [1.82, 2.24) is 0 Å². The molecular weight excluding hydrogens is 263 g/mol. The molecule has 6 heteroatoms. The summed E-state index contributed by atoms with van der Waals surface area (Å²) in [5, 5.41) is 23.2. The van der Waals surface area contributed by atoms with Gasteiger partial charge >= 0.3 is 0 Å². The van der Waals surface area contributed by atoms with E-state index in [1.165, 1.54) is 6.07 Å². The number of aliphatic hydroxyl groups excluding tert-OH is 1. The first-order valence-electron chi connectivity index (χ1n) is 5.98. The number of aliphatic hydroxyl groups is 1. The molecule has 2 aromatic carbocycles. The van der Waals surface area contributed by atoms with Crippen molar-refractivity contribution in [1.29, 1.82) is 0 Å². The molecule has 0 aliphatic carbocycles. The minimum absolute atomic E-state index is 0.166. The largest absolute Gasteiger partial charge is 0.394 e. The number of anilines is 1. The van der Waals surface area contributed by atoms with Crippen LogP contribution in [0.15, 0.2) is 48.5 Å². The lowest BCUT2D eigenvalue weighted by molar-refractivity contribution is -0.384. The second-order valence-corrected chi connectivity index (χ2v) is 4.21. The summed E-state index contributed by atoms with van der Waals surface area (Å²) in [6.07, 6.45) is 0. The molecule has 20 heavy (non-hydrogen) atoms. The molecule has 0 aromatic heterocycles. The molecule has 0 unspecified atom stereocenters. The Kier molecular flexibility index (Phi) is 4.27. The van der Waals surface area contributed by atoms with Crippen molar-refractivity contribution < 1.29 is 14.4 Å². The number of benzene rings is 2. The molecule has 0 saturated carbocycles. The van der Waals surface area contributed by atoms with Gasteiger partial charge in [0.15, 0.2) is 0 Å². The highest BCUT2D eigenvalue weighted by molar-refractivity contribution is 5.62. The third-order valence-corrected chi connectivity index (χ3v) is 2.87. The van der Waals surface area contributed by atoms with Gasteiger partial charge in [0.25, 0.3) is 5.69 Å². The molecule has 0 aliphatic heterocycles. The van der Waals surface area contributed by atoms with Crippen LogP contribution in [-0.4, -0.2) is 16.6 Å². The van der Waals surface area contributed by atoms with Crippen LogP contribution in [0.25, 0.3) is 0 Å². The van der Waals surface area contributed by atoms with Crippen molar-refractivity contribution in [2.45, 2.75) is 6.04 Å². The van der Waals surface area contributed by atoms with E-state index in [9.17, 15) is 19.6 Å². The average molecular weight is 276 g/mol. The molecule has 0 saturated heterocycles. The Balaban J connectivity index is 2.31. The van der Waals surface area contributed by atoms with E-state index in [-0.39, 0.29) is 18.0 Å². The van der Waals surface area contributed by atoms with Crippen LogP contribution in [0, 0.1) is 15.9 Å². The zero-order chi connectivity index (χ0) is 14.5. The maximum Gasteiger partial charge on any atom is 0.295 e. The van der Waals surface area contributed by atoms with E-state index in [2.05, 4.69) is 5.32 Å². The van der Waals surface area contributed by atoms with Gasteiger partial charge in [0.1, 0.15) is 11.5 Å². The van der Waals surface area contributed by atoms with Crippen LogP contribution in [0.1, 0.15) is 11.6 Å². The maximum atomic E-state index is 13.1. The highest BCUT2D eigenvalue weighted by Crippen LogP contribution is 2.28. The fourth-order valence-corrected chi connectivity index (χ4v) is 1.89. The van der Waals surface area contributed by atoms with E-state index in [4.69, 9.17) is 0 Å².